The highest BCUT2D eigenvalue weighted by Gasteiger charge is 2.39. The van der Waals surface area contributed by atoms with Crippen LogP contribution in [0, 0.1) is 10.1 Å². The van der Waals surface area contributed by atoms with Crippen LogP contribution in [-0.4, -0.2) is 39.8 Å². The van der Waals surface area contributed by atoms with Crippen molar-refractivity contribution in [3.8, 4) is 0 Å². The number of hydrogen-bond acceptors (Lipinski definition) is 5. The lowest BCUT2D eigenvalue weighted by Crippen LogP contribution is -2.49. The van der Waals surface area contributed by atoms with E-state index >= 15 is 0 Å². The van der Waals surface area contributed by atoms with E-state index in [0.29, 0.717) is 5.56 Å². The van der Waals surface area contributed by atoms with Crippen LogP contribution in [-0.2, 0) is 6.54 Å². The van der Waals surface area contributed by atoms with Gasteiger partial charge < -0.3 is 10.6 Å². The lowest BCUT2D eigenvalue weighted by Gasteiger charge is -2.22. The molecule has 8 nitrogen and oxygen atoms in total. The van der Waals surface area contributed by atoms with Crippen LogP contribution < -0.4 is 10.6 Å². The monoisotopic (exact) mass is 357 g/mol. The largest absolute Gasteiger partial charge is 0.405 e. The first kappa shape index (κ1) is 18.4. The summed E-state index contributed by atoms with van der Waals surface area (Å²) in [6.45, 7) is -0.837. The average Bonchev–Trinajstić information content (AvgIpc) is 3.04. The third-order valence-electron chi connectivity index (χ3n) is 3.30. The van der Waals surface area contributed by atoms with Crippen molar-refractivity contribution in [3.05, 3.63) is 57.9 Å². The van der Waals surface area contributed by atoms with Crippen molar-refractivity contribution in [2.45, 2.75) is 18.8 Å². The van der Waals surface area contributed by atoms with Crippen LogP contribution in [0.4, 0.5) is 18.9 Å². The molecule has 0 saturated heterocycles. The topological polar surface area (TPSA) is 113 Å². The van der Waals surface area contributed by atoms with Gasteiger partial charge in [-0.3, -0.25) is 20.0 Å². The summed E-state index contributed by atoms with van der Waals surface area (Å²) < 4.78 is 39.2. The number of halogens is 3. The van der Waals surface area contributed by atoms with Crippen molar-refractivity contribution in [1.29, 1.82) is 0 Å². The van der Waals surface area contributed by atoms with Gasteiger partial charge in [0.25, 0.3) is 5.91 Å². The number of H-pyrrole nitrogens is 1. The van der Waals surface area contributed by atoms with Crippen LogP contribution in [0.2, 0.25) is 0 Å². The molecule has 0 spiro atoms. The fourth-order valence-corrected chi connectivity index (χ4v) is 2.01. The second kappa shape index (κ2) is 7.75. The molecular weight excluding hydrogens is 343 g/mol. The molecule has 1 amide bonds. The maximum atomic E-state index is 13.1. The Morgan fingerprint density at radius 3 is 2.60 bits per heavy atom. The number of hydrogen-bond donors (Lipinski definition) is 3. The Labute approximate surface area is 139 Å². The number of carbonyl (C=O) groups is 1. The molecule has 0 fully saturated rings. The fraction of sp³-hybridized carbons (Fsp3) is 0.286. The van der Waals surface area contributed by atoms with Gasteiger partial charge in [-0.2, -0.15) is 18.3 Å². The minimum absolute atomic E-state index is 0.0505. The average molecular weight is 357 g/mol. The lowest BCUT2D eigenvalue weighted by molar-refractivity contribution is -0.385. The number of nitrogens with one attached hydrogen (secondary N) is 3. The standard InChI is InChI=1S/C14H14F3N5O3/c15-14(16,17)11(18-6-9-4-2-1-3-5-9)8-19-13(23)12-10(22(24)25)7-20-21-12/h1-5,7,11,18H,6,8H2,(H,19,23)(H,20,21). The summed E-state index contributed by atoms with van der Waals surface area (Å²) in [6.07, 6.45) is -3.80. The normalized spacial score (nSPS) is 12.6. The highest BCUT2D eigenvalue weighted by atomic mass is 19.4. The number of rotatable bonds is 7. The van der Waals surface area contributed by atoms with Crippen molar-refractivity contribution in [2.24, 2.45) is 0 Å². The molecule has 1 heterocycles. The van der Waals surface area contributed by atoms with Gasteiger partial charge in [0.2, 0.25) is 5.69 Å². The van der Waals surface area contributed by atoms with Crippen LogP contribution in [0.3, 0.4) is 0 Å². The van der Waals surface area contributed by atoms with Crippen LogP contribution in [0.5, 0.6) is 0 Å². The molecular formula is C14H14F3N5O3. The third kappa shape index (κ3) is 5.01. The third-order valence-corrected chi connectivity index (χ3v) is 3.30. The van der Waals surface area contributed by atoms with Crippen molar-refractivity contribution in [2.75, 3.05) is 6.54 Å². The molecule has 0 saturated carbocycles. The molecule has 0 aliphatic rings. The first-order valence-electron chi connectivity index (χ1n) is 7.09. The molecule has 2 aromatic rings. The number of aromatic nitrogens is 2. The number of alkyl halides is 3. The number of nitrogens with zero attached hydrogens (tertiary/aromatic N) is 2. The molecule has 1 aromatic heterocycles. The first-order chi connectivity index (χ1) is 11.8. The number of benzene rings is 1. The van der Waals surface area contributed by atoms with Gasteiger partial charge in [0, 0.05) is 13.1 Å². The zero-order chi connectivity index (χ0) is 18.4. The molecule has 2 rings (SSSR count). The molecule has 0 aliphatic heterocycles. The molecule has 1 atom stereocenters. The van der Waals surface area contributed by atoms with Crippen molar-refractivity contribution < 1.29 is 22.9 Å². The van der Waals surface area contributed by atoms with Crippen molar-refractivity contribution in [1.82, 2.24) is 20.8 Å². The molecule has 3 N–H and O–H groups in total. The highest BCUT2D eigenvalue weighted by molar-refractivity contribution is 5.95. The smallest absolute Gasteiger partial charge is 0.349 e. The Morgan fingerprint density at radius 2 is 2.00 bits per heavy atom. The fourth-order valence-electron chi connectivity index (χ4n) is 2.01. The summed E-state index contributed by atoms with van der Waals surface area (Å²) in [7, 11) is 0. The van der Waals surface area contributed by atoms with Gasteiger partial charge in [-0.05, 0) is 5.56 Å². The molecule has 11 heteroatoms. The Bertz CT molecular complexity index is 733. The molecule has 1 unspecified atom stereocenters. The van der Waals surface area contributed by atoms with E-state index in [1.54, 1.807) is 30.3 Å². The van der Waals surface area contributed by atoms with Gasteiger partial charge in [0.1, 0.15) is 12.2 Å². The summed E-state index contributed by atoms with van der Waals surface area (Å²) in [6, 6.07) is 6.43. The molecule has 0 aliphatic carbocycles. The zero-order valence-corrected chi connectivity index (χ0v) is 12.7. The maximum absolute atomic E-state index is 13.1. The Morgan fingerprint density at radius 1 is 1.32 bits per heavy atom. The molecule has 134 valence electrons. The van der Waals surface area contributed by atoms with E-state index in [4.69, 9.17) is 0 Å². The quantitative estimate of drug-likeness (QED) is 0.516. The van der Waals surface area contributed by atoms with E-state index in [1.807, 2.05) is 5.32 Å². The summed E-state index contributed by atoms with van der Waals surface area (Å²) in [5.74, 6) is -1.04. The number of amides is 1. The lowest BCUT2D eigenvalue weighted by atomic mass is 10.2. The van der Waals surface area contributed by atoms with Crippen LogP contribution in [0.1, 0.15) is 16.1 Å². The minimum atomic E-state index is -4.61. The molecule has 0 bridgehead atoms. The van der Waals surface area contributed by atoms with E-state index in [9.17, 15) is 28.1 Å². The maximum Gasteiger partial charge on any atom is 0.405 e. The first-order valence-corrected chi connectivity index (χ1v) is 7.09. The summed E-state index contributed by atoms with van der Waals surface area (Å²) in [5, 5.41) is 20.5. The summed E-state index contributed by atoms with van der Waals surface area (Å²) >= 11 is 0. The summed E-state index contributed by atoms with van der Waals surface area (Å²) in [5.41, 5.74) is -0.473. The van der Waals surface area contributed by atoms with E-state index < -0.39 is 41.0 Å². The second-order valence-electron chi connectivity index (χ2n) is 5.06. The number of carbonyl (C=O) groups excluding carboxylic acids is 1. The van der Waals surface area contributed by atoms with E-state index in [2.05, 4.69) is 15.5 Å². The predicted molar refractivity (Wildman–Crippen MR) is 80.7 cm³/mol. The Kier molecular flexibility index (Phi) is 5.70. The van der Waals surface area contributed by atoms with Crippen LogP contribution >= 0.6 is 0 Å². The minimum Gasteiger partial charge on any atom is -0.349 e. The van der Waals surface area contributed by atoms with Crippen LogP contribution in [0.25, 0.3) is 0 Å². The van der Waals surface area contributed by atoms with Gasteiger partial charge in [-0.1, -0.05) is 30.3 Å². The number of aromatic amines is 1. The molecule has 0 radical (unpaired) electrons. The second-order valence-corrected chi connectivity index (χ2v) is 5.06. The van der Waals surface area contributed by atoms with Gasteiger partial charge in [0.05, 0.1) is 4.92 Å². The van der Waals surface area contributed by atoms with Gasteiger partial charge in [-0.25, -0.2) is 0 Å². The Hall–Kier alpha value is -2.95. The van der Waals surface area contributed by atoms with E-state index in [1.165, 1.54) is 0 Å². The number of nitro groups is 1. The van der Waals surface area contributed by atoms with Gasteiger partial charge in [-0.15, -0.1) is 0 Å². The van der Waals surface area contributed by atoms with Crippen molar-refractivity contribution >= 4 is 11.6 Å². The van der Waals surface area contributed by atoms with Crippen LogP contribution in [0.15, 0.2) is 36.5 Å². The van der Waals surface area contributed by atoms with Gasteiger partial charge >= 0.3 is 11.9 Å². The van der Waals surface area contributed by atoms with E-state index in [-0.39, 0.29) is 6.54 Å². The SMILES string of the molecule is O=C(NCC(NCc1ccccc1)C(F)(F)F)c1[nH]ncc1[N+](=O)[O-]. The molecule has 1 aromatic carbocycles. The summed E-state index contributed by atoms with van der Waals surface area (Å²) in [4.78, 5) is 21.7. The van der Waals surface area contributed by atoms with Gasteiger partial charge in [0.15, 0.2) is 0 Å². The highest BCUT2D eigenvalue weighted by Crippen LogP contribution is 2.20. The molecule has 25 heavy (non-hydrogen) atoms. The van der Waals surface area contributed by atoms with Crippen molar-refractivity contribution in [3.63, 3.8) is 0 Å². The Balaban J connectivity index is 1.99. The van der Waals surface area contributed by atoms with E-state index in [0.717, 1.165) is 6.20 Å². The predicted octanol–water partition coefficient (Wildman–Crippen LogP) is 1.77. The zero-order valence-electron chi connectivity index (χ0n) is 12.7.